The van der Waals surface area contributed by atoms with Crippen molar-refractivity contribution in [1.82, 2.24) is 4.90 Å². The van der Waals surface area contributed by atoms with Crippen molar-refractivity contribution >= 4 is 0 Å². The summed E-state index contributed by atoms with van der Waals surface area (Å²) in [6.45, 7) is 14.5. The Labute approximate surface area is 125 Å². The molecule has 0 unspecified atom stereocenters. The SMILES string of the molecule is C=C/C=C\C(=C/C)N(CCC)CCCCCN=O.CC. The van der Waals surface area contributed by atoms with Crippen molar-refractivity contribution in [1.29, 1.82) is 0 Å². The van der Waals surface area contributed by atoms with Gasteiger partial charge in [-0.15, -0.1) is 0 Å². The van der Waals surface area contributed by atoms with Crippen LogP contribution in [0.1, 0.15) is 53.4 Å². The first-order valence-electron chi connectivity index (χ1n) is 7.79. The minimum atomic E-state index is 0.445. The van der Waals surface area contributed by atoms with Gasteiger partial charge in [-0.1, -0.05) is 50.8 Å². The molecule has 0 spiro atoms. The van der Waals surface area contributed by atoms with Crippen LogP contribution in [-0.4, -0.2) is 24.5 Å². The number of hydrogen-bond donors (Lipinski definition) is 0. The first-order chi connectivity index (χ1) is 9.79. The van der Waals surface area contributed by atoms with E-state index in [2.05, 4.69) is 42.7 Å². The number of rotatable bonds is 11. The Hall–Kier alpha value is -1.38. The molecule has 0 heterocycles. The molecule has 116 valence electrons. The van der Waals surface area contributed by atoms with Crippen LogP contribution in [-0.2, 0) is 0 Å². The van der Waals surface area contributed by atoms with Crippen LogP contribution in [0.4, 0.5) is 0 Å². The highest BCUT2D eigenvalue weighted by Gasteiger charge is 2.04. The van der Waals surface area contributed by atoms with Crippen molar-refractivity contribution in [2.45, 2.75) is 53.4 Å². The van der Waals surface area contributed by atoms with Crippen LogP contribution in [0, 0.1) is 4.91 Å². The van der Waals surface area contributed by atoms with Gasteiger partial charge in [-0.05, 0) is 38.7 Å². The Kier molecular flexibility index (Phi) is 18.4. The zero-order valence-corrected chi connectivity index (χ0v) is 13.8. The lowest BCUT2D eigenvalue weighted by molar-refractivity contribution is 0.343. The number of hydrogen-bond acceptors (Lipinski definition) is 3. The van der Waals surface area contributed by atoms with Gasteiger partial charge in [0.25, 0.3) is 0 Å². The largest absolute Gasteiger partial charge is 0.372 e. The Morgan fingerprint density at radius 3 is 2.40 bits per heavy atom. The lowest BCUT2D eigenvalue weighted by Gasteiger charge is -2.25. The fraction of sp³-hybridized carbons (Fsp3) is 0.647. The molecule has 0 saturated carbocycles. The lowest BCUT2D eigenvalue weighted by atomic mass is 10.2. The summed E-state index contributed by atoms with van der Waals surface area (Å²) < 4.78 is 0. The summed E-state index contributed by atoms with van der Waals surface area (Å²) in [5.41, 5.74) is 1.24. The van der Waals surface area contributed by atoms with Gasteiger partial charge >= 0.3 is 0 Å². The predicted molar refractivity (Wildman–Crippen MR) is 90.8 cm³/mol. The Morgan fingerprint density at radius 1 is 1.20 bits per heavy atom. The first-order valence-corrected chi connectivity index (χ1v) is 7.79. The summed E-state index contributed by atoms with van der Waals surface area (Å²) in [6, 6.07) is 0. The molecule has 0 radical (unpaired) electrons. The van der Waals surface area contributed by atoms with Gasteiger partial charge in [-0.25, -0.2) is 0 Å². The molecule has 0 saturated heterocycles. The molecule has 0 aliphatic rings. The van der Waals surface area contributed by atoms with Crippen molar-refractivity contribution in [2.75, 3.05) is 19.6 Å². The highest BCUT2D eigenvalue weighted by Crippen LogP contribution is 2.10. The standard InChI is InChI=1S/C15H26N2O.C2H6/c1-4-7-11-15(6-3)17(13-5-2)14-10-8-9-12-16-18;1-2/h4,6-7,11H,1,5,8-10,12-14H2,2-3H3;1-2H3/b11-7-,15-6+;. The monoisotopic (exact) mass is 280 g/mol. The van der Waals surface area contributed by atoms with Crippen LogP contribution in [0.5, 0.6) is 0 Å². The third kappa shape index (κ3) is 11.7. The molecule has 0 bridgehead atoms. The summed E-state index contributed by atoms with van der Waals surface area (Å²) in [5, 5.41) is 2.88. The zero-order valence-electron chi connectivity index (χ0n) is 13.8. The summed E-state index contributed by atoms with van der Waals surface area (Å²) in [5.74, 6) is 0. The molecular weight excluding hydrogens is 248 g/mol. The quantitative estimate of drug-likeness (QED) is 0.292. The van der Waals surface area contributed by atoms with Gasteiger partial charge in [-0.3, -0.25) is 0 Å². The second-order valence-corrected chi connectivity index (χ2v) is 4.21. The van der Waals surface area contributed by atoms with Crippen LogP contribution in [0.15, 0.2) is 41.8 Å². The summed E-state index contributed by atoms with van der Waals surface area (Å²) >= 11 is 0. The van der Waals surface area contributed by atoms with E-state index in [1.807, 2.05) is 19.9 Å². The van der Waals surface area contributed by atoms with Gasteiger partial charge in [0.05, 0.1) is 6.54 Å². The van der Waals surface area contributed by atoms with Crippen LogP contribution in [0.25, 0.3) is 0 Å². The number of allylic oxidation sites excluding steroid dienone is 4. The highest BCUT2D eigenvalue weighted by atomic mass is 16.3. The van der Waals surface area contributed by atoms with E-state index in [0.29, 0.717) is 6.54 Å². The Bertz CT molecular complexity index is 283. The van der Waals surface area contributed by atoms with Gasteiger partial charge in [0.2, 0.25) is 0 Å². The van der Waals surface area contributed by atoms with E-state index >= 15 is 0 Å². The van der Waals surface area contributed by atoms with E-state index in [1.165, 1.54) is 5.70 Å². The first kappa shape index (κ1) is 20.9. The molecular formula is C17H32N2O. The fourth-order valence-electron chi connectivity index (χ4n) is 1.85. The third-order valence-corrected chi connectivity index (χ3v) is 2.73. The smallest absolute Gasteiger partial charge is 0.0811 e. The van der Waals surface area contributed by atoms with Gasteiger partial charge in [0.1, 0.15) is 0 Å². The maximum atomic E-state index is 9.99. The fourth-order valence-corrected chi connectivity index (χ4v) is 1.85. The number of unbranched alkanes of at least 4 members (excludes halogenated alkanes) is 2. The molecule has 0 aliphatic carbocycles. The van der Waals surface area contributed by atoms with Crippen LogP contribution in [0.3, 0.4) is 0 Å². The van der Waals surface area contributed by atoms with Crippen molar-refractivity contribution < 1.29 is 0 Å². The van der Waals surface area contributed by atoms with Gasteiger partial charge in [0.15, 0.2) is 0 Å². The highest BCUT2D eigenvalue weighted by molar-refractivity contribution is 5.20. The van der Waals surface area contributed by atoms with E-state index in [4.69, 9.17) is 0 Å². The number of nitrogens with zero attached hydrogens (tertiary/aromatic N) is 2. The molecule has 0 aromatic heterocycles. The summed E-state index contributed by atoms with van der Waals surface area (Å²) in [4.78, 5) is 12.4. The van der Waals surface area contributed by atoms with E-state index in [0.717, 1.165) is 38.8 Å². The molecule has 0 N–H and O–H groups in total. The molecule has 0 atom stereocenters. The van der Waals surface area contributed by atoms with Crippen molar-refractivity contribution in [3.8, 4) is 0 Å². The Balaban J connectivity index is 0. The zero-order chi connectivity index (χ0) is 15.6. The van der Waals surface area contributed by atoms with Crippen LogP contribution >= 0.6 is 0 Å². The molecule has 0 rings (SSSR count). The molecule has 0 fully saturated rings. The second-order valence-electron chi connectivity index (χ2n) is 4.21. The predicted octanol–water partition coefficient (Wildman–Crippen LogP) is 5.31. The summed E-state index contributed by atoms with van der Waals surface area (Å²) in [6.07, 6.45) is 12.2. The van der Waals surface area contributed by atoms with Crippen molar-refractivity contribution in [3.05, 3.63) is 41.5 Å². The number of nitroso groups, excluding NO2 is 1. The second kappa shape index (κ2) is 17.6. The van der Waals surface area contributed by atoms with Gasteiger partial charge in [0, 0.05) is 18.8 Å². The average molecular weight is 280 g/mol. The van der Waals surface area contributed by atoms with Crippen LogP contribution < -0.4 is 0 Å². The molecule has 0 aromatic carbocycles. The van der Waals surface area contributed by atoms with Gasteiger partial charge < -0.3 is 4.90 Å². The average Bonchev–Trinajstić information content (AvgIpc) is 2.49. The lowest BCUT2D eigenvalue weighted by Crippen LogP contribution is -2.24. The minimum absolute atomic E-state index is 0.445. The van der Waals surface area contributed by atoms with E-state index in [-0.39, 0.29) is 0 Å². The van der Waals surface area contributed by atoms with E-state index in [1.54, 1.807) is 6.08 Å². The molecule has 0 aliphatic heterocycles. The molecule has 0 aromatic rings. The molecule has 3 nitrogen and oxygen atoms in total. The van der Waals surface area contributed by atoms with E-state index < -0.39 is 0 Å². The van der Waals surface area contributed by atoms with Crippen LogP contribution in [0.2, 0.25) is 0 Å². The molecule has 20 heavy (non-hydrogen) atoms. The third-order valence-electron chi connectivity index (χ3n) is 2.73. The minimum Gasteiger partial charge on any atom is -0.372 e. The molecule has 3 heteroatoms. The maximum absolute atomic E-state index is 9.99. The summed E-state index contributed by atoms with van der Waals surface area (Å²) in [7, 11) is 0. The topological polar surface area (TPSA) is 32.7 Å². The van der Waals surface area contributed by atoms with Crippen molar-refractivity contribution in [2.24, 2.45) is 5.18 Å². The maximum Gasteiger partial charge on any atom is 0.0811 e. The van der Waals surface area contributed by atoms with Crippen molar-refractivity contribution in [3.63, 3.8) is 0 Å². The van der Waals surface area contributed by atoms with E-state index in [9.17, 15) is 4.91 Å². The Morgan fingerprint density at radius 2 is 1.90 bits per heavy atom. The normalized spacial score (nSPS) is 10.9. The van der Waals surface area contributed by atoms with Gasteiger partial charge in [-0.2, -0.15) is 4.91 Å². The molecule has 0 amide bonds.